The summed E-state index contributed by atoms with van der Waals surface area (Å²) in [6.45, 7) is -5.71. The summed E-state index contributed by atoms with van der Waals surface area (Å²) in [6, 6.07) is -4.48. The molecule has 1 aliphatic rings. The molecule has 0 spiro atoms. The lowest BCUT2D eigenvalue weighted by molar-refractivity contribution is 0.174. The van der Waals surface area contributed by atoms with Crippen molar-refractivity contribution in [2.45, 2.75) is 26.2 Å². The molecule has 2 rings (SSSR count). The topological polar surface area (TPSA) is 30.5 Å². The first kappa shape index (κ1) is 3.39. The smallest absolute Gasteiger partial charge is 0.231 e. The molecular formula is C12H17NO2. The fourth-order valence-corrected chi connectivity index (χ4v) is 1.10. The van der Waals surface area contributed by atoms with Crippen molar-refractivity contribution in [2.24, 2.45) is 0 Å². The van der Waals surface area contributed by atoms with E-state index in [1.54, 1.807) is 0 Å². The van der Waals surface area contributed by atoms with Crippen LogP contribution in [0.4, 0.5) is 0 Å². The van der Waals surface area contributed by atoms with Gasteiger partial charge in [-0.25, -0.2) is 0 Å². The van der Waals surface area contributed by atoms with Crippen LogP contribution >= 0.6 is 0 Å². The SMILES string of the molecule is [2H]c1c([2H])c(C([2H])([2H])[C@]([2H])(C)NC([2H])([2H])C([2H])([2H])[2H])c([2H])c2c1OCO2. The minimum atomic E-state index is -3.19. The molecule has 1 aromatic rings. The Bertz CT molecular complexity index is 729. The molecule has 1 heterocycles. The molecule has 0 unspecified atom stereocenters. The summed E-state index contributed by atoms with van der Waals surface area (Å²) >= 11 is 0. The molecule has 0 aromatic heterocycles. The van der Waals surface area contributed by atoms with Gasteiger partial charge in [-0.15, -0.1) is 0 Å². The first-order chi connectivity index (χ1) is 11.5. The Morgan fingerprint density at radius 1 is 1.67 bits per heavy atom. The number of fused-ring (bicyclic) bond motifs is 1. The van der Waals surface area contributed by atoms with Gasteiger partial charge in [0.2, 0.25) is 6.79 Å². The fourth-order valence-electron chi connectivity index (χ4n) is 1.10. The summed E-state index contributed by atoms with van der Waals surface area (Å²) in [5, 5.41) is 1.82. The van der Waals surface area contributed by atoms with Crippen molar-refractivity contribution in [3.63, 3.8) is 0 Å². The number of benzene rings is 1. The molecule has 0 radical (unpaired) electrons. The molecule has 3 nitrogen and oxygen atoms in total. The van der Waals surface area contributed by atoms with Crippen LogP contribution in [0.3, 0.4) is 0 Å². The van der Waals surface area contributed by atoms with Crippen molar-refractivity contribution in [3.05, 3.63) is 23.7 Å². The molecule has 0 bridgehead atoms. The lowest BCUT2D eigenvalue weighted by Gasteiger charge is -2.12. The molecule has 3 heteroatoms. The van der Waals surface area contributed by atoms with E-state index in [0.29, 0.717) is 0 Å². The van der Waals surface area contributed by atoms with E-state index in [2.05, 4.69) is 0 Å². The molecule has 82 valence electrons. The zero-order valence-corrected chi connectivity index (χ0v) is 8.02. The van der Waals surface area contributed by atoms with E-state index in [0.717, 1.165) is 6.92 Å². The zero-order valence-electron chi connectivity index (χ0n) is 19.0. The average molecular weight is 218 g/mol. The van der Waals surface area contributed by atoms with Gasteiger partial charge in [0.25, 0.3) is 0 Å². The van der Waals surface area contributed by atoms with Crippen LogP contribution in [-0.4, -0.2) is 19.3 Å². The van der Waals surface area contributed by atoms with Gasteiger partial charge in [-0.05, 0) is 37.4 Å². The van der Waals surface area contributed by atoms with Gasteiger partial charge < -0.3 is 14.8 Å². The minimum Gasteiger partial charge on any atom is -0.454 e. The second-order valence-electron chi connectivity index (χ2n) is 2.81. The highest BCUT2D eigenvalue weighted by molar-refractivity contribution is 5.44. The van der Waals surface area contributed by atoms with Crippen LogP contribution in [0.15, 0.2) is 18.1 Å². The molecule has 0 amide bonds. The monoisotopic (exact) mass is 218 g/mol. The van der Waals surface area contributed by atoms with Crippen LogP contribution in [0.1, 0.15) is 34.4 Å². The molecule has 1 N–H and O–H groups in total. The lowest BCUT2D eigenvalue weighted by Crippen LogP contribution is -2.27. The fraction of sp³-hybridized carbons (Fsp3) is 0.500. The maximum atomic E-state index is 8.24. The third kappa shape index (κ3) is 2.42. The predicted octanol–water partition coefficient (Wildman–Crippen LogP) is 1.96. The Morgan fingerprint density at radius 2 is 2.53 bits per heavy atom. The van der Waals surface area contributed by atoms with Crippen molar-refractivity contribution in [1.29, 1.82) is 0 Å². The van der Waals surface area contributed by atoms with Crippen LogP contribution in [0.5, 0.6) is 11.5 Å². The molecule has 0 aliphatic carbocycles. The van der Waals surface area contributed by atoms with Gasteiger partial charge in [-0.3, -0.25) is 0 Å². The van der Waals surface area contributed by atoms with E-state index in [1.165, 1.54) is 0 Å². The van der Waals surface area contributed by atoms with E-state index in [9.17, 15) is 0 Å². The van der Waals surface area contributed by atoms with Gasteiger partial charge in [-0.2, -0.15) is 0 Å². The van der Waals surface area contributed by atoms with E-state index in [1.807, 2.05) is 5.32 Å². The van der Waals surface area contributed by atoms with Crippen molar-refractivity contribution < 1.29 is 24.6 Å². The number of ether oxygens (including phenoxy) is 2. The minimum absolute atomic E-state index is 0.183. The third-order valence-corrected chi connectivity index (χ3v) is 1.71. The van der Waals surface area contributed by atoms with Crippen molar-refractivity contribution in [1.82, 2.24) is 5.32 Å². The van der Waals surface area contributed by atoms with Crippen LogP contribution in [-0.2, 0) is 6.37 Å². The Kier molecular flexibility index (Phi) is 1.02. The first-order valence-electron chi connectivity index (χ1n) is 9.74. The molecule has 1 atom stereocenters. The Balaban J connectivity index is 2.59. The van der Waals surface area contributed by atoms with Crippen LogP contribution in [0.25, 0.3) is 0 Å². The van der Waals surface area contributed by atoms with Gasteiger partial charge in [0.05, 0.1) is 4.11 Å². The van der Waals surface area contributed by atoms with Gasteiger partial charge >= 0.3 is 0 Å². The number of likely N-dealkylation sites (N-methyl/N-ethyl adjacent to an activating group) is 1. The number of rotatable bonds is 4. The highest BCUT2D eigenvalue weighted by Gasteiger charge is 2.13. The highest BCUT2D eigenvalue weighted by Crippen LogP contribution is 2.32. The van der Waals surface area contributed by atoms with Crippen LogP contribution in [0.2, 0.25) is 0 Å². The Labute approximate surface area is 106 Å². The summed E-state index contributed by atoms with van der Waals surface area (Å²) in [4.78, 5) is 0. The first-order valence-corrected chi connectivity index (χ1v) is 4.24. The van der Waals surface area contributed by atoms with Crippen molar-refractivity contribution in [2.75, 3.05) is 13.3 Å². The summed E-state index contributed by atoms with van der Waals surface area (Å²) in [5.41, 5.74) is -0.696. The third-order valence-electron chi connectivity index (χ3n) is 1.71. The molecule has 15 heavy (non-hydrogen) atoms. The van der Waals surface area contributed by atoms with Crippen LogP contribution < -0.4 is 14.8 Å². The maximum Gasteiger partial charge on any atom is 0.231 e. The average Bonchev–Trinajstić information content (AvgIpc) is 2.92. The van der Waals surface area contributed by atoms with E-state index >= 15 is 0 Å². The maximum absolute atomic E-state index is 8.24. The van der Waals surface area contributed by atoms with Crippen LogP contribution in [0, 0.1) is 0 Å². The number of nitrogens with one attached hydrogen (secondary N) is 1. The second-order valence-corrected chi connectivity index (χ2v) is 2.81. The van der Waals surface area contributed by atoms with E-state index < -0.39 is 49.4 Å². The molecule has 1 aliphatic heterocycles. The molecular weight excluding hydrogens is 190 g/mol. The van der Waals surface area contributed by atoms with E-state index in [4.69, 9.17) is 24.6 Å². The van der Waals surface area contributed by atoms with Gasteiger partial charge in [-0.1, -0.05) is 12.9 Å². The lowest BCUT2D eigenvalue weighted by atomic mass is 10.1. The summed E-state index contributed by atoms with van der Waals surface area (Å²) in [6.07, 6.45) is -2.92. The van der Waals surface area contributed by atoms with Crippen molar-refractivity contribution >= 4 is 0 Å². The predicted molar refractivity (Wildman–Crippen MR) is 59.4 cm³/mol. The number of hydrogen-bond donors (Lipinski definition) is 1. The second kappa shape index (κ2) is 4.53. The summed E-state index contributed by atoms with van der Waals surface area (Å²) < 4.78 is 95.4. The summed E-state index contributed by atoms with van der Waals surface area (Å²) in [5.74, 6) is -0.434. The normalized spacial score (nSPS) is 30.9. The Hall–Kier alpha value is -1.22. The largest absolute Gasteiger partial charge is 0.454 e. The quantitative estimate of drug-likeness (QED) is 0.838. The standard InChI is InChI=1S/C12H17NO2/c1-3-13-9(2)6-10-4-5-11-12(7-10)15-8-14-11/h4-5,7,9,13H,3,6,8H2,1-2H3/t9-/m0/s1/i1D3,3D2,4D,5D,6D2,7D,9D. The van der Waals surface area contributed by atoms with Gasteiger partial charge in [0.1, 0.15) is 0 Å². The van der Waals surface area contributed by atoms with Gasteiger partial charge in [0, 0.05) is 17.0 Å². The molecule has 0 saturated heterocycles. The molecule has 1 aromatic carbocycles. The van der Waals surface area contributed by atoms with E-state index in [-0.39, 0.29) is 18.3 Å². The zero-order chi connectivity index (χ0) is 20.3. The van der Waals surface area contributed by atoms with Gasteiger partial charge in [0.15, 0.2) is 11.5 Å². The molecule has 0 fully saturated rings. The Morgan fingerprint density at radius 3 is 3.40 bits per heavy atom. The van der Waals surface area contributed by atoms with Crippen molar-refractivity contribution in [3.8, 4) is 11.5 Å². The highest BCUT2D eigenvalue weighted by atomic mass is 16.7. The number of hydrogen-bond acceptors (Lipinski definition) is 3. The summed E-state index contributed by atoms with van der Waals surface area (Å²) in [7, 11) is 0. The molecule has 0 saturated carbocycles.